The first kappa shape index (κ1) is 20.4. The number of halogens is 1. The van der Waals surface area contributed by atoms with Crippen molar-refractivity contribution in [3.63, 3.8) is 0 Å². The number of aromatic nitrogens is 1. The smallest absolute Gasteiger partial charge is 0.250 e. The van der Waals surface area contributed by atoms with Crippen LogP contribution in [0.4, 0.5) is 4.39 Å². The van der Waals surface area contributed by atoms with Gasteiger partial charge in [0.1, 0.15) is 16.8 Å². The molecule has 0 fully saturated rings. The second kappa shape index (κ2) is 8.08. The summed E-state index contributed by atoms with van der Waals surface area (Å²) >= 11 is 0. The SMILES string of the molecule is CCNS(=O)c1ccc2c(c1)-c1cn(C)c(=O)cc1[C@H](C)N=C2c1ccc(F)cc1. The highest BCUT2D eigenvalue weighted by Crippen LogP contribution is 2.37. The zero-order valence-electron chi connectivity index (χ0n) is 17.0. The highest BCUT2D eigenvalue weighted by Gasteiger charge is 2.24. The number of nitrogens with zero attached hydrogens (tertiary/aromatic N) is 2. The van der Waals surface area contributed by atoms with Gasteiger partial charge < -0.3 is 4.57 Å². The molecule has 2 atom stereocenters. The van der Waals surface area contributed by atoms with Crippen LogP contribution >= 0.6 is 0 Å². The summed E-state index contributed by atoms with van der Waals surface area (Å²) < 4.78 is 30.5. The van der Waals surface area contributed by atoms with Crippen LogP contribution in [0.1, 0.15) is 36.6 Å². The number of aryl methyl sites for hydroxylation is 1. The van der Waals surface area contributed by atoms with Gasteiger partial charge in [-0.05, 0) is 54.4 Å². The van der Waals surface area contributed by atoms with Gasteiger partial charge in [-0.25, -0.2) is 13.3 Å². The maximum absolute atomic E-state index is 13.5. The Bertz CT molecular complexity index is 1230. The molecule has 0 saturated carbocycles. The lowest BCUT2D eigenvalue weighted by Crippen LogP contribution is -2.18. The maximum atomic E-state index is 13.5. The lowest BCUT2D eigenvalue weighted by molar-refractivity contribution is 0.628. The highest BCUT2D eigenvalue weighted by molar-refractivity contribution is 7.83. The van der Waals surface area contributed by atoms with Crippen molar-refractivity contribution in [3.05, 3.63) is 87.6 Å². The van der Waals surface area contributed by atoms with E-state index in [-0.39, 0.29) is 17.4 Å². The number of fused-ring (bicyclic) bond motifs is 3. The van der Waals surface area contributed by atoms with Crippen LogP contribution in [0.25, 0.3) is 11.1 Å². The molecule has 0 aliphatic carbocycles. The molecule has 0 saturated heterocycles. The van der Waals surface area contributed by atoms with Gasteiger partial charge in [0.05, 0.1) is 16.6 Å². The van der Waals surface area contributed by atoms with Gasteiger partial charge in [-0.15, -0.1) is 0 Å². The first-order chi connectivity index (χ1) is 14.4. The van der Waals surface area contributed by atoms with Crippen molar-refractivity contribution in [1.29, 1.82) is 0 Å². The van der Waals surface area contributed by atoms with Crippen LogP contribution in [-0.2, 0) is 18.0 Å². The maximum Gasteiger partial charge on any atom is 0.250 e. The van der Waals surface area contributed by atoms with Gasteiger partial charge in [0.15, 0.2) is 0 Å². The number of hydrogen-bond acceptors (Lipinski definition) is 3. The van der Waals surface area contributed by atoms with Crippen molar-refractivity contribution in [3.8, 4) is 11.1 Å². The minimum Gasteiger partial charge on any atom is -0.318 e. The largest absolute Gasteiger partial charge is 0.318 e. The third kappa shape index (κ3) is 3.66. The first-order valence-corrected chi connectivity index (χ1v) is 10.9. The first-order valence-electron chi connectivity index (χ1n) is 9.73. The molecule has 1 aromatic heterocycles. The van der Waals surface area contributed by atoms with E-state index >= 15 is 0 Å². The average molecular weight is 424 g/mol. The van der Waals surface area contributed by atoms with Crippen molar-refractivity contribution in [2.24, 2.45) is 12.0 Å². The molecule has 1 aliphatic heterocycles. The number of benzene rings is 2. The number of nitrogens with one attached hydrogen (secondary N) is 1. The standard InChI is InChI=1S/C23H22FN3O2S/c1-4-25-30(29)17-9-10-18-20(11-17)21-13-27(3)22(28)12-19(21)14(2)26-23(18)15-5-7-16(24)8-6-15/h5-14,25H,4H2,1-3H3/t14-,30?/m0/s1. The van der Waals surface area contributed by atoms with Gasteiger partial charge >= 0.3 is 0 Å². The van der Waals surface area contributed by atoms with E-state index < -0.39 is 11.0 Å². The monoisotopic (exact) mass is 423 g/mol. The Hall–Kier alpha value is -2.90. The average Bonchev–Trinajstić information content (AvgIpc) is 2.84. The van der Waals surface area contributed by atoms with E-state index in [4.69, 9.17) is 4.99 Å². The predicted octanol–water partition coefficient (Wildman–Crippen LogP) is 3.74. The van der Waals surface area contributed by atoms with Crippen molar-refractivity contribution in [2.75, 3.05) is 6.54 Å². The van der Waals surface area contributed by atoms with E-state index in [2.05, 4.69) is 4.72 Å². The van der Waals surface area contributed by atoms with Crippen LogP contribution in [0.5, 0.6) is 0 Å². The highest BCUT2D eigenvalue weighted by atomic mass is 32.2. The Morgan fingerprint density at radius 1 is 1.10 bits per heavy atom. The fourth-order valence-corrected chi connectivity index (χ4v) is 4.51. The summed E-state index contributed by atoms with van der Waals surface area (Å²) in [5, 5.41) is 0. The fourth-order valence-electron chi connectivity index (χ4n) is 3.67. The number of pyridine rings is 1. The van der Waals surface area contributed by atoms with E-state index in [1.807, 2.05) is 32.0 Å². The molecule has 154 valence electrons. The van der Waals surface area contributed by atoms with Crippen molar-refractivity contribution < 1.29 is 8.60 Å². The lowest BCUT2D eigenvalue weighted by Gasteiger charge is -2.14. The molecule has 0 bridgehead atoms. The molecule has 7 heteroatoms. The minimum atomic E-state index is -1.35. The molecule has 1 N–H and O–H groups in total. The summed E-state index contributed by atoms with van der Waals surface area (Å²) in [6.07, 6.45) is 1.80. The van der Waals surface area contributed by atoms with Gasteiger partial charge in [0, 0.05) is 42.5 Å². The molecule has 30 heavy (non-hydrogen) atoms. The van der Waals surface area contributed by atoms with Gasteiger partial charge in [0.25, 0.3) is 5.56 Å². The van der Waals surface area contributed by atoms with E-state index in [1.165, 1.54) is 16.7 Å². The van der Waals surface area contributed by atoms with Crippen molar-refractivity contribution in [1.82, 2.24) is 9.29 Å². The van der Waals surface area contributed by atoms with Crippen LogP contribution in [0, 0.1) is 5.82 Å². The van der Waals surface area contributed by atoms with E-state index in [0.717, 1.165) is 27.8 Å². The Kier molecular flexibility index (Phi) is 5.49. The molecule has 0 amide bonds. The van der Waals surface area contributed by atoms with E-state index in [0.29, 0.717) is 17.2 Å². The zero-order chi connectivity index (χ0) is 21.4. The molecule has 2 aromatic carbocycles. The second-order valence-corrected chi connectivity index (χ2v) is 8.52. The third-order valence-corrected chi connectivity index (χ3v) is 6.41. The molecule has 0 radical (unpaired) electrons. The quantitative estimate of drug-likeness (QED) is 0.695. The Labute approximate surface area is 176 Å². The number of rotatable bonds is 4. The second-order valence-electron chi connectivity index (χ2n) is 7.23. The van der Waals surface area contributed by atoms with Gasteiger partial charge in [-0.2, -0.15) is 0 Å². The lowest BCUT2D eigenvalue weighted by atomic mass is 9.92. The summed E-state index contributed by atoms with van der Waals surface area (Å²) in [6, 6.07) is 13.1. The van der Waals surface area contributed by atoms with Crippen LogP contribution in [0.2, 0.25) is 0 Å². The zero-order valence-corrected chi connectivity index (χ0v) is 17.8. The fraction of sp³-hybridized carbons (Fsp3) is 0.217. The summed E-state index contributed by atoms with van der Waals surface area (Å²) in [5.74, 6) is -0.316. The molecule has 1 aliphatic rings. The van der Waals surface area contributed by atoms with E-state index in [9.17, 15) is 13.4 Å². The van der Waals surface area contributed by atoms with Crippen LogP contribution in [-0.4, -0.2) is 21.0 Å². The Morgan fingerprint density at radius 2 is 1.83 bits per heavy atom. The summed E-state index contributed by atoms with van der Waals surface area (Å²) in [4.78, 5) is 17.9. The third-order valence-electron chi connectivity index (χ3n) is 5.18. The molecule has 0 spiro atoms. The van der Waals surface area contributed by atoms with Crippen LogP contribution in [0.15, 0.2) is 69.4 Å². The molecular weight excluding hydrogens is 401 g/mol. The molecule has 3 aromatic rings. The van der Waals surface area contributed by atoms with Gasteiger partial charge in [0.2, 0.25) is 0 Å². The van der Waals surface area contributed by atoms with Crippen molar-refractivity contribution in [2.45, 2.75) is 24.8 Å². The topological polar surface area (TPSA) is 63.5 Å². The van der Waals surface area contributed by atoms with Crippen LogP contribution in [0.3, 0.4) is 0 Å². The normalized spacial score (nSPS) is 16.3. The Morgan fingerprint density at radius 3 is 2.53 bits per heavy atom. The van der Waals surface area contributed by atoms with Crippen molar-refractivity contribution >= 4 is 16.7 Å². The molecule has 2 heterocycles. The number of aliphatic imine (C=N–C) groups is 1. The van der Waals surface area contributed by atoms with E-state index in [1.54, 1.807) is 31.4 Å². The Balaban J connectivity index is 2.01. The molecule has 1 unspecified atom stereocenters. The molecular formula is C23H22FN3O2S. The minimum absolute atomic E-state index is 0.116. The van der Waals surface area contributed by atoms with Gasteiger partial charge in [-0.1, -0.05) is 13.0 Å². The van der Waals surface area contributed by atoms with Crippen LogP contribution < -0.4 is 10.3 Å². The number of hydrogen-bond donors (Lipinski definition) is 1. The summed E-state index contributed by atoms with van der Waals surface area (Å²) in [7, 11) is 0.359. The predicted molar refractivity (Wildman–Crippen MR) is 118 cm³/mol. The molecule has 5 nitrogen and oxygen atoms in total. The summed E-state index contributed by atoms with van der Waals surface area (Å²) in [6.45, 7) is 4.41. The molecule has 4 rings (SSSR count). The van der Waals surface area contributed by atoms with Gasteiger partial charge in [-0.3, -0.25) is 9.79 Å². The summed E-state index contributed by atoms with van der Waals surface area (Å²) in [5.41, 5.74) is 4.75.